The van der Waals surface area contributed by atoms with Crippen molar-refractivity contribution in [3.63, 3.8) is 0 Å². The van der Waals surface area contributed by atoms with Crippen molar-refractivity contribution in [2.75, 3.05) is 13.1 Å². The number of nitrogens with one attached hydrogen (secondary N) is 2. The zero-order valence-corrected chi connectivity index (χ0v) is 14.5. The summed E-state index contributed by atoms with van der Waals surface area (Å²) in [6, 6.07) is 0.442. The molecule has 0 saturated carbocycles. The zero-order chi connectivity index (χ0) is 16.3. The number of ketones is 1. The normalized spacial score (nSPS) is 12.7. The van der Waals surface area contributed by atoms with Crippen LogP contribution in [0.25, 0.3) is 0 Å². The summed E-state index contributed by atoms with van der Waals surface area (Å²) < 4.78 is 0. The third-order valence-corrected chi connectivity index (χ3v) is 3.61. The summed E-state index contributed by atoms with van der Waals surface area (Å²) in [4.78, 5) is 23.6. The Morgan fingerprint density at radius 1 is 1.00 bits per heavy atom. The second-order valence-electron chi connectivity index (χ2n) is 6.48. The molecule has 1 amide bonds. The van der Waals surface area contributed by atoms with Crippen LogP contribution in [0.15, 0.2) is 0 Å². The van der Waals surface area contributed by atoms with E-state index in [-0.39, 0.29) is 11.8 Å². The SMILES string of the molecule is CCCC(CCC(=O)NCCNC(C)C)CC(=O)C(C)C. The van der Waals surface area contributed by atoms with Crippen LogP contribution in [-0.4, -0.2) is 30.8 Å². The number of carbonyl (C=O) groups is 2. The fraction of sp³-hybridized carbons (Fsp3) is 0.882. The van der Waals surface area contributed by atoms with Gasteiger partial charge in [0.15, 0.2) is 0 Å². The van der Waals surface area contributed by atoms with E-state index >= 15 is 0 Å². The molecule has 0 saturated heterocycles. The Kier molecular flexibility index (Phi) is 11.2. The third-order valence-electron chi connectivity index (χ3n) is 3.61. The van der Waals surface area contributed by atoms with Crippen molar-refractivity contribution in [2.45, 2.75) is 72.8 Å². The molecule has 0 heterocycles. The molecule has 4 nitrogen and oxygen atoms in total. The van der Waals surface area contributed by atoms with Gasteiger partial charge in [-0.25, -0.2) is 0 Å². The lowest BCUT2D eigenvalue weighted by Gasteiger charge is -2.16. The molecular weight excluding hydrogens is 264 g/mol. The van der Waals surface area contributed by atoms with Gasteiger partial charge in [0.25, 0.3) is 0 Å². The molecule has 4 heteroatoms. The van der Waals surface area contributed by atoms with E-state index in [0.717, 1.165) is 25.8 Å². The fourth-order valence-electron chi connectivity index (χ4n) is 2.26. The molecule has 0 aliphatic rings. The molecule has 0 spiro atoms. The van der Waals surface area contributed by atoms with Gasteiger partial charge in [-0.1, -0.05) is 47.5 Å². The number of amides is 1. The molecular formula is C17H34N2O2. The molecule has 1 unspecified atom stereocenters. The van der Waals surface area contributed by atoms with Crippen LogP contribution in [0.1, 0.15) is 66.7 Å². The van der Waals surface area contributed by atoms with Crippen LogP contribution in [-0.2, 0) is 9.59 Å². The molecule has 0 rings (SSSR count). The van der Waals surface area contributed by atoms with Crippen LogP contribution in [0.2, 0.25) is 0 Å². The summed E-state index contributed by atoms with van der Waals surface area (Å²) in [5.41, 5.74) is 0. The first kappa shape index (κ1) is 20.1. The molecule has 2 N–H and O–H groups in total. The predicted octanol–water partition coefficient (Wildman–Crippen LogP) is 2.91. The van der Waals surface area contributed by atoms with Crippen LogP contribution >= 0.6 is 0 Å². The number of carbonyl (C=O) groups excluding carboxylic acids is 2. The molecule has 0 aromatic carbocycles. The number of rotatable bonds is 12. The van der Waals surface area contributed by atoms with Gasteiger partial charge >= 0.3 is 0 Å². The van der Waals surface area contributed by atoms with Crippen LogP contribution in [0.4, 0.5) is 0 Å². The molecule has 0 aromatic rings. The van der Waals surface area contributed by atoms with Crippen molar-refractivity contribution in [3.05, 3.63) is 0 Å². The summed E-state index contributed by atoms with van der Waals surface area (Å²) in [5.74, 6) is 0.860. The van der Waals surface area contributed by atoms with Gasteiger partial charge in [-0.2, -0.15) is 0 Å². The van der Waals surface area contributed by atoms with Crippen molar-refractivity contribution in [1.29, 1.82) is 0 Å². The van der Waals surface area contributed by atoms with E-state index in [2.05, 4.69) is 31.4 Å². The largest absolute Gasteiger partial charge is 0.355 e. The van der Waals surface area contributed by atoms with Crippen LogP contribution in [0.5, 0.6) is 0 Å². The molecule has 0 aromatic heterocycles. The van der Waals surface area contributed by atoms with Crippen molar-refractivity contribution in [2.24, 2.45) is 11.8 Å². The van der Waals surface area contributed by atoms with Gasteiger partial charge in [0.2, 0.25) is 5.91 Å². The van der Waals surface area contributed by atoms with Gasteiger partial charge in [0.1, 0.15) is 5.78 Å². The number of hydrogen-bond donors (Lipinski definition) is 2. The average Bonchev–Trinajstić information content (AvgIpc) is 2.40. The highest BCUT2D eigenvalue weighted by molar-refractivity contribution is 5.80. The lowest BCUT2D eigenvalue weighted by Crippen LogP contribution is -2.34. The van der Waals surface area contributed by atoms with E-state index in [1.807, 2.05) is 13.8 Å². The maximum absolute atomic E-state index is 11.8. The maximum Gasteiger partial charge on any atom is 0.220 e. The molecule has 0 aliphatic carbocycles. The summed E-state index contributed by atoms with van der Waals surface area (Å²) in [6.45, 7) is 11.7. The van der Waals surface area contributed by atoms with Crippen molar-refractivity contribution >= 4 is 11.7 Å². The highest BCUT2D eigenvalue weighted by Crippen LogP contribution is 2.20. The van der Waals surface area contributed by atoms with Crippen LogP contribution < -0.4 is 10.6 Å². The Bertz CT molecular complexity index is 301. The monoisotopic (exact) mass is 298 g/mol. The standard InChI is InChI=1S/C17H34N2O2/c1-6-7-15(12-16(20)13(2)3)8-9-17(21)19-11-10-18-14(4)5/h13-15,18H,6-12H2,1-5H3,(H,19,21). The van der Waals surface area contributed by atoms with Crippen molar-refractivity contribution in [1.82, 2.24) is 10.6 Å². The Labute approximate surface area is 130 Å². The second kappa shape index (κ2) is 11.7. The third kappa shape index (κ3) is 11.4. The van der Waals surface area contributed by atoms with E-state index in [4.69, 9.17) is 0 Å². The predicted molar refractivity (Wildman–Crippen MR) is 88.2 cm³/mol. The summed E-state index contributed by atoms with van der Waals surface area (Å²) in [7, 11) is 0. The molecule has 0 bridgehead atoms. The van der Waals surface area contributed by atoms with Crippen molar-refractivity contribution in [3.8, 4) is 0 Å². The van der Waals surface area contributed by atoms with Gasteiger partial charge in [0.05, 0.1) is 0 Å². The smallest absolute Gasteiger partial charge is 0.220 e. The van der Waals surface area contributed by atoms with E-state index in [1.54, 1.807) is 0 Å². The average molecular weight is 298 g/mol. The quantitative estimate of drug-likeness (QED) is 0.545. The van der Waals surface area contributed by atoms with Gasteiger partial charge in [0, 0.05) is 37.9 Å². The first-order chi connectivity index (χ1) is 9.86. The van der Waals surface area contributed by atoms with Crippen LogP contribution in [0, 0.1) is 11.8 Å². The Hall–Kier alpha value is -0.900. The molecule has 21 heavy (non-hydrogen) atoms. The minimum absolute atomic E-state index is 0.0960. The van der Waals surface area contributed by atoms with Gasteiger partial charge in [-0.05, 0) is 12.3 Å². The van der Waals surface area contributed by atoms with Gasteiger partial charge in [-0.3, -0.25) is 9.59 Å². The summed E-state index contributed by atoms with van der Waals surface area (Å²) >= 11 is 0. The Balaban J connectivity index is 3.95. The maximum atomic E-state index is 11.8. The molecule has 1 atom stereocenters. The van der Waals surface area contributed by atoms with E-state index in [0.29, 0.717) is 37.1 Å². The molecule has 0 fully saturated rings. The lowest BCUT2D eigenvalue weighted by atomic mass is 9.89. The first-order valence-corrected chi connectivity index (χ1v) is 8.39. The first-order valence-electron chi connectivity index (χ1n) is 8.39. The van der Waals surface area contributed by atoms with Crippen molar-refractivity contribution < 1.29 is 9.59 Å². The highest BCUT2D eigenvalue weighted by Gasteiger charge is 2.16. The zero-order valence-electron chi connectivity index (χ0n) is 14.5. The minimum atomic E-state index is 0.0960. The number of hydrogen-bond acceptors (Lipinski definition) is 3. The van der Waals surface area contributed by atoms with E-state index in [9.17, 15) is 9.59 Å². The topological polar surface area (TPSA) is 58.2 Å². The van der Waals surface area contributed by atoms with E-state index < -0.39 is 0 Å². The van der Waals surface area contributed by atoms with Crippen LogP contribution in [0.3, 0.4) is 0 Å². The lowest BCUT2D eigenvalue weighted by molar-refractivity contribution is -0.124. The van der Waals surface area contributed by atoms with E-state index in [1.165, 1.54) is 0 Å². The highest BCUT2D eigenvalue weighted by atomic mass is 16.1. The summed E-state index contributed by atoms with van der Waals surface area (Å²) in [5, 5.41) is 6.19. The molecule has 0 aliphatic heterocycles. The Morgan fingerprint density at radius 3 is 2.19 bits per heavy atom. The Morgan fingerprint density at radius 2 is 1.67 bits per heavy atom. The number of Topliss-reactive ketones (excluding diaryl/α,β-unsaturated/α-hetero) is 1. The molecule has 0 radical (unpaired) electrons. The van der Waals surface area contributed by atoms with Gasteiger partial charge < -0.3 is 10.6 Å². The minimum Gasteiger partial charge on any atom is -0.355 e. The summed E-state index contributed by atoms with van der Waals surface area (Å²) in [6.07, 6.45) is 4.05. The second-order valence-corrected chi connectivity index (χ2v) is 6.48. The molecule has 124 valence electrons. The van der Waals surface area contributed by atoms with Gasteiger partial charge in [-0.15, -0.1) is 0 Å². The fourth-order valence-corrected chi connectivity index (χ4v) is 2.26.